The Morgan fingerprint density at radius 3 is 2.35 bits per heavy atom. The van der Waals surface area contributed by atoms with Crippen molar-refractivity contribution in [1.29, 1.82) is 0 Å². The van der Waals surface area contributed by atoms with E-state index in [1.165, 1.54) is 18.2 Å². The number of ether oxygens (including phenoxy) is 1. The maximum Gasteiger partial charge on any atom is 0.241 e. The van der Waals surface area contributed by atoms with Gasteiger partial charge in [0.25, 0.3) is 0 Å². The van der Waals surface area contributed by atoms with Gasteiger partial charge in [0.15, 0.2) is 0 Å². The topological polar surface area (TPSA) is 89.5 Å². The minimum Gasteiger partial charge on any atom is -0.381 e. The molecule has 168 valence electrons. The van der Waals surface area contributed by atoms with Crippen molar-refractivity contribution < 1.29 is 26.0 Å². The molecule has 4 rings (SSSR count). The lowest BCUT2D eigenvalue weighted by molar-refractivity contribution is 0.0832. The van der Waals surface area contributed by atoms with Gasteiger partial charge in [-0.3, -0.25) is 0 Å². The van der Waals surface area contributed by atoms with E-state index in [-0.39, 0.29) is 26.6 Å². The maximum absolute atomic E-state index is 13.9. The number of halogens is 1. The molecule has 31 heavy (non-hydrogen) atoms. The van der Waals surface area contributed by atoms with Crippen LogP contribution in [0, 0.1) is 5.82 Å². The van der Waals surface area contributed by atoms with E-state index in [2.05, 4.69) is 4.72 Å². The summed E-state index contributed by atoms with van der Waals surface area (Å²) >= 11 is 0. The minimum atomic E-state index is -4.07. The van der Waals surface area contributed by atoms with Gasteiger partial charge in [0.2, 0.25) is 19.9 Å². The molecule has 0 unspecified atom stereocenters. The van der Waals surface area contributed by atoms with Crippen LogP contribution in [-0.4, -0.2) is 36.1 Å². The second-order valence-corrected chi connectivity index (χ2v) is 12.0. The number of aryl methyl sites for hydroxylation is 2. The van der Waals surface area contributed by atoms with Gasteiger partial charge in [-0.15, -0.1) is 0 Å². The molecule has 1 fully saturated rings. The molecule has 2 heterocycles. The van der Waals surface area contributed by atoms with Crippen LogP contribution in [0.15, 0.2) is 45.0 Å². The molecular weight excluding hydrogens is 441 g/mol. The predicted octanol–water partition coefficient (Wildman–Crippen LogP) is 3.34. The zero-order valence-corrected chi connectivity index (χ0v) is 19.2. The molecule has 0 aromatic heterocycles. The van der Waals surface area contributed by atoms with Gasteiger partial charge in [-0.25, -0.2) is 25.9 Å². The van der Waals surface area contributed by atoms with Crippen molar-refractivity contribution in [2.24, 2.45) is 0 Å². The zero-order chi connectivity index (χ0) is 22.4. The fourth-order valence-electron chi connectivity index (χ4n) is 4.23. The van der Waals surface area contributed by atoms with Crippen molar-refractivity contribution in [3.8, 4) is 0 Å². The summed E-state index contributed by atoms with van der Waals surface area (Å²) < 4.78 is 75.3. The smallest absolute Gasteiger partial charge is 0.241 e. The largest absolute Gasteiger partial charge is 0.381 e. The summed E-state index contributed by atoms with van der Waals surface area (Å²) in [6.07, 6.45) is 1.99. The highest BCUT2D eigenvalue weighted by atomic mass is 32.2. The number of fused-ring (bicyclic) bond motifs is 2. The Bertz CT molecular complexity index is 1220. The minimum absolute atomic E-state index is 0.0313. The molecule has 1 saturated heterocycles. The van der Waals surface area contributed by atoms with Gasteiger partial charge >= 0.3 is 0 Å². The van der Waals surface area contributed by atoms with Crippen molar-refractivity contribution in [3.63, 3.8) is 0 Å². The van der Waals surface area contributed by atoms with Crippen LogP contribution in [0.5, 0.6) is 0 Å². The number of sulfone groups is 1. The number of rotatable bonds is 4. The van der Waals surface area contributed by atoms with Gasteiger partial charge in [0.1, 0.15) is 5.82 Å². The molecule has 2 aromatic rings. The van der Waals surface area contributed by atoms with Crippen LogP contribution in [0.25, 0.3) is 0 Å². The maximum atomic E-state index is 13.9. The predicted molar refractivity (Wildman–Crippen MR) is 114 cm³/mol. The Hall–Kier alpha value is -1.81. The van der Waals surface area contributed by atoms with E-state index >= 15 is 0 Å². The molecule has 0 amide bonds. The van der Waals surface area contributed by atoms with Crippen molar-refractivity contribution in [1.82, 2.24) is 4.72 Å². The number of hydrogen-bond acceptors (Lipinski definition) is 5. The van der Waals surface area contributed by atoms with E-state index < -0.39 is 25.7 Å². The number of nitrogens with one attached hydrogen (secondary N) is 1. The Morgan fingerprint density at radius 2 is 1.68 bits per heavy atom. The molecule has 0 atom stereocenters. The molecule has 0 aliphatic carbocycles. The van der Waals surface area contributed by atoms with Gasteiger partial charge in [-0.1, -0.05) is 26.0 Å². The van der Waals surface area contributed by atoms with E-state index in [0.29, 0.717) is 55.6 Å². The number of benzene rings is 2. The van der Waals surface area contributed by atoms with Gasteiger partial charge in [-0.2, -0.15) is 0 Å². The summed E-state index contributed by atoms with van der Waals surface area (Å²) in [6.45, 7) is 4.71. The van der Waals surface area contributed by atoms with E-state index in [9.17, 15) is 21.2 Å². The summed E-state index contributed by atoms with van der Waals surface area (Å²) in [7, 11) is -8.03. The summed E-state index contributed by atoms with van der Waals surface area (Å²) in [4.78, 5) is -0.186. The van der Waals surface area contributed by atoms with Gasteiger partial charge in [0, 0.05) is 19.3 Å². The Kier molecular flexibility index (Phi) is 5.97. The lowest BCUT2D eigenvalue weighted by Gasteiger charge is -2.24. The first-order chi connectivity index (χ1) is 14.6. The fraction of sp³-hybridized carbons (Fsp3) is 0.455. The first-order valence-corrected chi connectivity index (χ1v) is 13.4. The zero-order valence-electron chi connectivity index (χ0n) is 17.5. The van der Waals surface area contributed by atoms with Crippen LogP contribution >= 0.6 is 0 Å². The highest BCUT2D eigenvalue weighted by Crippen LogP contribution is 2.37. The fourth-order valence-corrected chi connectivity index (χ4v) is 7.78. The molecule has 2 aliphatic heterocycles. The molecule has 6 nitrogen and oxygen atoms in total. The van der Waals surface area contributed by atoms with Crippen molar-refractivity contribution in [2.75, 3.05) is 13.2 Å². The van der Waals surface area contributed by atoms with Crippen LogP contribution in [0.4, 0.5) is 4.39 Å². The molecule has 0 spiro atoms. The van der Waals surface area contributed by atoms with Crippen molar-refractivity contribution in [3.05, 3.63) is 52.8 Å². The van der Waals surface area contributed by atoms with Gasteiger partial charge < -0.3 is 4.74 Å². The summed E-state index contributed by atoms with van der Waals surface area (Å²) in [5.41, 5.74) is 1.67. The summed E-state index contributed by atoms with van der Waals surface area (Å²) in [5, 5.41) is 0. The first kappa shape index (κ1) is 22.4. The van der Waals surface area contributed by atoms with E-state index in [1.54, 1.807) is 6.07 Å². The average Bonchev–Trinajstić information content (AvgIpc) is 2.82. The van der Waals surface area contributed by atoms with Crippen LogP contribution in [-0.2, 0) is 37.4 Å². The molecule has 0 saturated carbocycles. The summed E-state index contributed by atoms with van der Waals surface area (Å²) in [5.74, 6) is -0.768. The molecular formula is C22H26FNO5S2. The first-order valence-electron chi connectivity index (χ1n) is 10.4. The third-order valence-electron chi connectivity index (χ3n) is 5.92. The standard InChI is InChI=1S/C22H26FNO5S2/c1-14(2)19-11-16-4-3-15-5-6-17(23)12-20(15)30(25,26)21(16)13-22(19)31(27,28)24-18-7-9-29-10-8-18/h5-6,11-14,18,24H,3-4,7-10H2,1-2H3. The van der Waals surface area contributed by atoms with E-state index in [0.717, 1.165) is 6.07 Å². The van der Waals surface area contributed by atoms with Crippen LogP contribution in [0.1, 0.15) is 49.3 Å². The molecule has 1 N–H and O–H groups in total. The second kappa shape index (κ2) is 8.27. The van der Waals surface area contributed by atoms with Crippen LogP contribution < -0.4 is 4.72 Å². The van der Waals surface area contributed by atoms with Crippen molar-refractivity contribution >= 4 is 19.9 Å². The quantitative estimate of drug-likeness (QED) is 0.745. The molecule has 2 aliphatic rings. The Labute approximate surface area is 182 Å². The lowest BCUT2D eigenvalue weighted by Crippen LogP contribution is -2.39. The molecule has 2 aromatic carbocycles. The Morgan fingerprint density at radius 1 is 1.03 bits per heavy atom. The average molecular weight is 468 g/mol. The molecule has 0 radical (unpaired) electrons. The lowest BCUT2D eigenvalue weighted by atomic mass is 9.97. The monoisotopic (exact) mass is 467 g/mol. The molecule has 9 heteroatoms. The number of sulfonamides is 1. The third kappa shape index (κ3) is 4.28. The van der Waals surface area contributed by atoms with Gasteiger partial charge in [-0.05, 0) is 66.5 Å². The third-order valence-corrected chi connectivity index (χ3v) is 9.41. The van der Waals surface area contributed by atoms with Crippen LogP contribution in [0.3, 0.4) is 0 Å². The Balaban J connectivity index is 1.87. The van der Waals surface area contributed by atoms with E-state index in [4.69, 9.17) is 4.74 Å². The highest BCUT2D eigenvalue weighted by molar-refractivity contribution is 7.92. The highest BCUT2D eigenvalue weighted by Gasteiger charge is 2.33. The summed E-state index contributed by atoms with van der Waals surface area (Å²) in [6, 6.07) is 6.45. The van der Waals surface area contributed by atoms with Crippen LogP contribution in [0.2, 0.25) is 0 Å². The number of hydrogen-bond donors (Lipinski definition) is 1. The SMILES string of the molecule is CC(C)c1cc2c(cc1S(=O)(=O)NC1CCOCC1)S(=O)(=O)c1cc(F)ccc1CC2. The second-order valence-electron chi connectivity index (χ2n) is 8.42. The van der Waals surface area contributed by atoms with Crippen molar-refractivity contribution in [2.45, 2.75) is 66.2 Å². The normalized spacial score (nSPS) is 19.0. The van der Waals surface area contributed by atoms with Gasteiger partial charge in [0.05, 0.1) is 14.7 Å². The van der Waals surface area contributed by atoms with E-state index in [1.807, 2.05) is 13.8 Å². The molecule has 0 bridgehead atoms.